The third-order valence-corrected chi connectivity index (χ3v) is 4.72. The summed E-state index contributed by atoms with van der Waals surface area (Å²) in [6, 6.07) is 5.46. The molecule has 4 nitrogen and oxygen atoms in total. The van der Waals surface area contributed by atoms with Gasteiger partial charge in [0, 0.05) is 42.0 Å². The highest BCUT2D eigenvalue weighted by Crippen LogP contribution is 2.24. The summed E-state index contributed by atoms with van der Waals surface area (Å²) >= 11 is 12.3. The Morgan fingerprint density at radius 3 is 2.87 bits per heavy atom. The molecule has 0 unspecified atom stereocenters. The lowest BCUT2D eigenvalue weighted by molar-refractivity contribution is 0.241. The van der Waals surface area contributed by atoms with E-state index in [1.165, 1.54) is 0 Å². The maximum absolute atomic E-state index is 12.3. The van der Waals surface area contributed by atoms with Crippen molar-refractivity contribution in [3.8, 4) is 0 Å². The molecule has 122 valence electrons. The molecule has 0 saturated heterocycles. The van der Waals surface area contributed by atoms with Gasteiger partial charge in [0.2, 0.25) is 0 Å². The number of hydrogen-bond acceptors (Lipinski definition) is 3. The molecule has 0 aliphatic carbocycles. The van der Waals surface area contributed by atoms with Gasteiger partial charge in [0.15, 0.2) is 0 Å². The first-order chi connectivity index (χ1) is 10.9. The zero-order valence-corrected chi connectivity index (χ0v) is 14.7. The van der Waals surface area contributed by atoms with E-state index in [-0.39, 0.29) is 11.5 Å². The monoisotopic (exact) mass is 351 g/mol. The summed E-state index contributed by atoms with van der Waals surface area (Å²) in [5.74, 6) is 0.983. The van der Waals surface area contributed by atoms with Crippen LogP contribution < -0.4 is 5.56 Å². The Kier molecular flexibility index (Phi) is 4.76. The van der Waals surface area contributed by atoms with Crippen LogP contribution in [0, 0.1) is 0 Å². The molecule has 0 amide bonds. The molecule has 2 aromatic rings. The van der Waals surface area contributed by atoms with Crippen LogP contribution in [0.5, 0.6) is 0 Å². The highest BCUT2D eigenvalue weighted by Gasteiger charge is 2.22. The maximum atomic E-state index is 12.3. The van der Waals surface area contributed by atoms with Crippen LogP contribution in [0.4, 0.5) is 0 Å². The third-order valence-electron chi connectivity index (χ3n) is 4.11. The van der Waals surface area contributed by atoms with Gasteiger partial charge in [-0.1, -0.05) is 37.0 Å². The van der Waals surface area contributed by atoms with Crippen LogP contribution in [0.3, 0.4) is 0 Å². The minimum Gasteiger partial charge on any atom is -0.310 e. The first-order valence-corrected chi connectivity index (χ1v) is 8.48. The molecule has 0 bridgehead atoms. The maximum Gasteiger partial charge on any atom is 0.255 e. The molecule has 23 heavy (non-hydrogen) atoms. The van der Waals surface area contributed by atoms with E-state index in [2.05, 4.69) is 14.9 Å². The van der Waals surface area contributed by atoms with E-state index in [4.69, 9.17) is 23.2 Å². The fourth-order valence-corrected chi connectivity index (χ4v) is 3.19. The SMILES string of the molecule is CC(C)c1nc2c(c(=O)[nH]1)CN(Cc1cc(Cl)ccc1Cl)CC2. The molecule has 1 aliphatic rings. The molecule has 0 radical (unpaired) electrons. The molecule has 0 saturated carbocycles. The van der Waals surface area contributed by atoms with Crippen LogP contribution in [0.25, 0.3) is 0 Å². The van der Waals surface area contributed by atoms with E-state index in [0.717, 1.165) is 35.6 Å². The summed E-state index contributed by atoms with van der Waals surface area (Å²) < 4.78 is 0. The normalized spacial score (nSPS) is 15.0. The molecule has 2 heterocycles. The summed E-state index contributed by atoms with van der Waals surface area (Å²) in [4.78, 5) is 22.1. The molecule has 1 aromatic heterocycles. The summed E-state index contributed by atoms with van der Waals surface area (Å²) in [5, 5.41) is 1.37. The van der Waals surface area contributed by atoms with Gasteiger partial charge >= 0.3 is 0 Å². The zero-order chi connectivity index (χ0) is 16.6. The van der Waals surface area contributed by atoms with Gasteiger partial charge in [-0.3, -0.25) is 9.69 Å². The van der Waals surface area contributed by atoms with Crippen molar-refractivity contribution in [3.05, 3.63) is 61.2 Å². The topological polar surface area (TPSA) is 49.0 Å². The van der Waals surface area contributed by atoms with Crippen molar-refractivity contribution in [3.63, 3.8) is 0 Å². The molecule has 1 aliphatic heterocycles. The molecular formula is C17H19Cl2N3O. The number of hydrogen-bond donors (Lipinski definition) is 1. The van der Waals surface area contributed by atoms with E-state index in [1.807, 2.05) is 19.9 Å². The number of aromatic nitrogens is 2. The highest BCUT2D eigenvalue weighted by molar-refractivity contribution is 6.33. The summed E-state index contributed by atoms with van der Waals surface area (Å²) in [5.41, 5.74) is 2.64. The smallest absolute Gasteiger partial charge is 0.255 e. The Labute approximate surface area is 145 Å². The summed E-state index contributed by atoms with van der Waals surface area (Å²) in [7, 11) is 0. The Bertz CT molecular complexity index is 786. The minimum atomic E-state index is -0.0272. The number of H-pyrrole nitrogens is 1. The largest absolute Gasteiger partial charge is 0.310 e. The lowest BCUT2D eigenvalue weighted by Crippen LogP contribution is -2.36. The van der Waals surface area contributed by atoms with E-state index in [1.54, 1.807) is 12.1 Å². The van der Waals surface area contributed by atoms with Crippen molar-refractivity contribution >= 4 is 23.2 Å². The number of halogens is 2. The van der Waals surface area contributed by atoms with Crippen LogP contribution in [0.1, 0.15) is 42.4 Å². The van der Waals surface area contributed by atoms with E-state index < -0.39 is 0 Å². The van der Waals surface area contributed by atoms with E-state index >= 15 is 0 Å². The fourth-order valence-electron chi connectivity index (χ4n) is 2.81. The Balaban J connectivity index is 1.83. The minimum absolute atomic E-state index is 0.0272. The molecule has 0 atom stereocenters. The molecule has 0 spiro atoms. The first kappa shape index (κ1) is 16.5. The summed E-state index contributed by atoms with van der Waals surface area (Å²) in [6.45, 7) is 6.16. The number of rotatable bonds is 3. The molecule has 0 fully saturated rings. The van der Waals surface area contributed by atoms with E-state index in [9.17, 15) is 4.79 Å². The second-order valence-corrected chi connectivity index (χ2v) is 7.07. The van der Waals surface area contributed by atoms with Crippen molar-refractivity contribution in [2.45, 2.75) is 39.3 Å². The lowest BCUT2D eigenvalue weighted by Gasteiger charge is -2.28. The van der Waals surface area contributed by atoms with E-state index in [0.29, 0.717) is 23.1 Å². The van der Waals surface area contributed by atoms with Gasteiger partial charge in [-0.25, -0.2) is 4.98 Å². The van der Waals surface area contributed by atoms with Crippen molar-refractivity contribution in [1.29, 1.82) is 0 Å². The van der Waals surface area contributed by atoms with Crippen LogP contribution in [0.2, 0.25) is 10.0 Å². The van der Waals surface area contributed by atoms with Crippen LogP contribution in [-0.2, 0) is 19.5 Å². The third kappa shape index (κ3) is 3.60. The second-order valence-electron chi connectivity index (χ2n) is 6.23. The molecule has 6 heteroatoms. The molecule has 1 N–H and O–H groups in total. The molecular weight excluding hydrogens is 333 g/mol. The van der Waals surface area contributed by atoms with Gasteiger partial charge in [0.1, 0.15) is 5.82 Å². The van der Waals surface area contributed by atoms with Crippen LogP contribution in [-0.4, -0.2) is 21.4 Å². The van der Waals surface area contributed by atoms with Crippen molar-refractivity contribution < 1.29 is 0 Å². The van der Waals surface area contributed by atoms with Gasteiger partial charge < -0.3 is 4.98 Å². The Morgan fingerprint density at radius 2 is 2.13 bits per heavy atom. The van der Waals surface area contributed by atoms with Crippen LogP contribution in [0.15, 0.2) is 23.0 Å². The Morgan fingerprint density at radius 1 is 1.35 bits per heavy atom. The van der Waals surface area contributed by atoms with Crippen molar-refractivity contribution in [2.75, 3.05) is 6.54 Å². The number of fused-ring (bicyclic) bond motifs is 1. The number of nitrogens with zero attached hydrogens (tertiary/aromatic N) is 2. The second kappa shape index (κ2) is 6.63. The highest BCUT2D eigenvalue weighted by atomic mass is 35.5. The van der Waals surface area contributed by atoms with Gasteiger partial charge in [0.05, 0.1) is 11.3 Å². The average molecular weight is 352 g/mol. The van der Waals surface area contributed by atoms with Crippen molar-refractivity contribution in [1.82, 2.24) is 14.9 Å². The van der Waals surface area contributed by atoms with Crippen molar-refractivity contribution in [2.24, 2.45) is 0 Å². The number of aromatic amines is 1. The number of benzene rings is 1. The van der Waals surface area contributed by atoms with Gasteiger partial charge in [-0.2, -0.15) is 0 Å². The lowest BCUT2D eigenvalue weighted by atomic mass is 10.0. The molecule has 1 aromatic carbocycles. The zero-order valence-electron chi connectivity index (χ0n) is 13.2. The van der Waals surface area contributed by atoms with Gasteiger partial charge in [-0.15, -0.1) is 0 Å². The fraction of sp³-hybridized carbons (Fsp3) is 0.412. The standard InChI is InChI=1S/C17H19Cl2N3O/c1-10(2)16-20-15-5-6-22(9-13(15)17(23)21-16)8-11-7-12(18)3-4-14(11)19/h3-4,7,10H,5-6,8-9H2,1-2H3,(H,20,21,23). The average Bonchev–Trinajstić information content (AvgIpc) is 2.51. The van der Waals surface area contributed by atoms with Gasteiger partial charge in [-0.05, 0) is 23.8 Å². The Hall–Kier alpha value is -1.36. The van der Waals surface area contributed by atoms with Crippen LogP contribution >= 0.6 is 23.2 Å². The predicted molar refractivity (Wildman–Crippen MR) is 93.2 cm³/mol. The molecule has 3 rings (SSSR count). The predicted octanol–water partition coefficient (Wildman–Crippen LogP) is 3.76. The summed E-state index contributed by atoms with van der Waals surface area (Å²) in [6.07, 6.45) is 0.775. The van der Waals surface area contributed by atoms with Gasteiger partial charge in [0.25, 0.3) is 5.56 Å². The number of nitrogens with one attached hydrogen (secondary N) is 1. The quantitative estimate of drug-likeness (QED) is 0.915. The first-order valence-electron chi connectivity index (χ1n) is 7.72.